The van der Waals surface area contributed by atoms with Gasteiger partial charge in [-0.3, -0.25) is 4.90 Å². The Labute approximate surface area is 207 Å². The van der Waals surface area contributed by atoms with Crippen molar-refractivity contribution in [2.75, 3.05) is 13.1 Å². The molecule has 1 aromatic carbocycles. The van der Waals surface area contributed by atoms with Gasteiger partial charge in [0.15, 0.2) is 17.6 Å². The number of aliphatic carboxylic acids is 1. The number of hydrogen-bond donors (Lipinski definition) is 6. The molecular weight excluding hydrogens is 474 g/mol. The minimum Gasteiger partial charge on any atom is -0.482 e. The standard InChI is InChI=1S/C25H31NO10/c1-2-8-26-9-7-24-15-11-3-4-13(34-23-18(30)16(28)17(29)20(36-23)22(31)32)19(15)35-21(24)12(27)5-6-25(24,33)14(26)10-11/h2-4,12,14,16-18,20-21,23,27-30,33H,1,5-10H2,(H,31,32)/t12-,14-,16+,17+,18-,20+,21+,23-,24+,25-/m1/s1. The van der Waals surface area contributed by atoms with Gasteiger partial charge in [-0.05, 0) is 43.9 Å². The molecule has 10 atom stereocenters. The van der Waals surface area contributed by atoms with Gasteiger partial charge in [-0.25, -0.2) is 4.79 Å². The molecule has 6 N–H and O–H groups in total. The van der Waals surface area contributed by atoms with Crippen LogP contribution in [0.4, 0.5) is 0 Å². The van der Waals surface area contributed by atoms with Crippen molar-refractivity contribution in [1.29, 1.82) is 0 Å². The summed E-state index contributed by atoms with van der Waals surface area (Å²) < 4.78 is 17.5. The molecule has 0 radical (unpaired) electrons. The van der Waals surface area contributed by atoms with E-state index in [2.05, 4.69) is 11.5 Å². The summed E-state index contributed by atoms with van der Waals surface area (Å²) in [7, 11) is 0. The monoisotopic (exact) mass is 505 g/mol. The summed E-state index contributed by atoms with van der Waals surface area (Å²) in [5.41, 5.74) is -0.284. The van der Waals surface area contributed by atoms with Crippen molar-refractivity contribution < 1.29 is 49.6 Å². The van der Waals surface area contributed by atoms with Crippen LogP contribution >= 0.6 is 0 Å². The topological polar surface area (TPSA) is 169 Å². The Morgan fingerprint density at radius 3 is 2.69 bits per heavy atom. The van der Waals surface area contributed by atoms with E-state index < -0.39 is 59.9 Å². The van der Waals surface area contributed by atoms with Crippen LogP contribution in [0.3, 0.4) is 0 Å². The first-order valence-electron chi connectivity index (χ1n) is 12.3. The Balaban J connectivity index is 1.42. The molecule has 0 aromatic heterocycles. The number of ether oxygens (including phenoxy) is 3. The van der Waals surface area contributed by atoms with Crippen molar-refractivity contribution in [3.05, 3.63) is 35.9 Å². The third kappa shape index (κ3) is 2.96. The first-order valence-corrected chi connectivity index (χ1v) is 12.3. The zero-order valence-corrected chi connectivity index (χ0v) is 19.6. The number of likely N-dealkylation sites (tertiary alicyclic amines) is 1. The number of piperidine rings is 1. The smallest absolute Gasteiger partial charge is 0.335 e. The lowest BCUT2D eigenvalue weighted by molar-refractivity contribution is -0.271. The van der Waals surface area contributed by atoms with Gasteiger partial charge in [-0.2, -0.15) is 0 Å². The molecule has 11 heteroatoms. The van der Waals surface area contributed by atoms with E-state index in [4.69, 9.17) is 14.2 Å². The molecule has 0 amide bonds. The maximum absolute atomic E-state index is 12.2. The second kappa shape index (κ2) is 8.12. The Morgan fingerprint density at radius 1 is 1.19 bits per heavy atom. The van der Waals surface area contributed by atoms with Gasteiger partial charge >= 0.3 is 5.97 Å². The van der Waals surface area contributed by atoms with E-state index in [-0.39, 0.29) is 11.8 Å². The summed E-state index contributed by atoms with van der Waals surface area (Å²) in [5.74, 6) is -1.06. The molecule has 2 aliphatic carbocycles. The molecule has 3 heterocycles. The highest BCUT2D eigenvalue weighted by Gasteiger charge is 2.72. The molecule has 3 aliphatic heterocycles. The summed E-state index contributed by atoms with van der Waals surface area (Å²) >= 11 is 0. The van der Waals surface area contributed by atoms with Gasteiger partial charge in [0.2, 0.25) is 6.29 Å². The lowest BCUT2D eigenvalue weighted by Gasteiger charge is -2.63. The summed E-state index contributed by atoms with van der Waals surface area (Å²) in [5, 5.41) is 63.2. The molecule has 0 unspecified atom stereocenters. The predicted octanol–water partition coefficient (Wildman–Crippen LogP) is -1.34. The SMILES string of the molecule is C=CCN1CC[C@]23c4c5ccc(O[C@@H]6O[C@H](C(=O)O)[C@@H](O)[C@H](O)[C@H]6O)c4O[C@H]2[C@H](O)CC[C@@]3(O)[C@H]1C5. The third-order valence-electron chi connectivity index (χ3n) is 8.95. The van der Waals surface area contributed by atoms with Crippen LogP contribution in [0.5, 0.6) is 11.5 Å². The molecule has 36 heavy (non-hydrogen) atoms. The molecule has 11 nitrogen and oxygen atoms in total. The normalized spacial score (nSPS) is 44.9. The van der Waals surface area contributed by atoms with Crippen molar-refractivity contribution in [3.63, 3.8) is 0 Å². The van der Waals surface area contributed by atoms with Crippen LogP contribution in [0.25, 0.3) is 0 Å². The van der Waals surface area contributed by atoms with Gasteiger partial charge in [-0.15, -0.1) is 6.58 Å². The average molecular weight is 506 g/mol. The minimum atomic E-state index is -1.84. The number of aliphatic hydroxyl groups excluding tert-OH is 4. The molecule has 1 spiro atoms. The van der Waals surface area contributed by atoms with Crippen molar-refractivity contribution in [2.45, 2.75) is 85.7 Å². The van der Waals surface area contributed by atoms with Crippen molar-refractivity contribution in [3.8, 4) is 11.5 Å². The highest BCUT2D eigenvalue weighted by Crippen LogP contribution is 2.65. The van der Waals surface area contributed by atoms with Crippen LogP contribution in [0.15, 0.2) is 24.8 Å². The summed E-state index contributed by atoms with van der Waals surface area (Å²) in [4.78, 5) is 13.7. The van der Waals surface area contributed by atoms with Crippen molar-refractivity contribution >= 4 is 5.97 Å². The second-order valence-electron chi connectivity index (χ2n) is 10.6. The maximum atomic E-state index is 12.2. The number of benzene rings is 1. The highest BCUT2D eigenvalue weighted by atomic mass is 16.7. The fourth-order valence-corrected chi connectivity index (χ4v) is 7.35. The van der Waals surface area contributed by atoms with Gasteiger partial charge in [-0.1, -0.05) is 12.1 Å². The van der Waals surface area contributed by atoms with Crippen LogP contribution in [-0.4, -0.2) is 109 Å². The van der Waals surface area contributed by atoms with Crippen LogP contribution in [-0.2, 0) is 21.4 Å². The average Bonchev–Trinajstić information content (AvgIpc) is 3.20. The zero-order valence-electron chi connectivity index (χ0n) is 19.6. The minimum absolute atomic E-state index is 0.135. The first-order chi connectivity index (χ1) is 17.1. The molecule has 1 saturated carbocycles. The Morgan fingerprint density at radius 2 is 1.97 bits per heavy atom. The van der Waals surface area contributed by atoms with Gasteiger partial charge in [0.25, 0.3) is 0 Å². The molecule has 196 valence electrons. The van der Waals surface area contributed by atoms with E-state index in [1.807, 2.05) is 12.1 Å². The lowest BCUT2D eigenvalue weighted by atomic mass is 9.48. The van der Waals surface area contributed by atoms with E-state index in [9.17, 15) is 35.4 Å². The molecule has 2 saturated heterocycles. The largest absolute Gasteiger partial charge is 0.482 e. The van der Waals surface area contributed by atoms with Crippen LogP contribution in [0.2, 0.25) is 0 Å². The van der Waals surface area contributed by atoms with Gasteiger partial charge in [0, 0.05) is 18.2 Å². The van der Waals surface area contributed by atoms with Gasteiger partial charge < -0.3 is 44.8 Å². The summed E-state index contributed by atoms with van der Waals surface area (Å²) in [6.07, 6.45) is -6.57. The number of aliphatic hydroxyl groups is 5. The fourth-order valence-electron chi connectivity index (χ4n) is 7.35. The molecule has 3 fully saturated rings. The van der Waals surface area contributed by atoms with E-state index in [0.717, 1.165) is 11.1 Å². The third-order valence-corrected chi connectivity index (χ3v) is 8.95. The molecule has 6 rings (SSSR count). The number of nitrogens with zero attached hydrogens (tertiary/aromatic N) is 1. The zero-order chi connectivity index (χ0) is 25.6. The van der Waals surface area contributed by atoms with E-state index >= 15 is 0 Å². The number of rotatable bonds is 5. The van der Waals surface area contributed by atoms with Crippen molar-refractivity contribution in [2.24, 2.45) is 0 Å². The predicted molar refractivity (Wildman–Crippen MR) is 122 cm³/mol. The Kier molecular flexibility index (Phi) is 5.44. The molecular formula is C25H31NO10. The Bertz CT molecular complexity index is 1100. The van der Waals surface area contributed by atoms with E-state index in [1.165, 1.54) is 0 Å². The molecule has 2 bridgehead atoms. The van der Waals surface area contributed by atoms with Crippen LogP contribution in [0.1, 0.15) is 30.4 Å². The number of carbonyl (C=O) groups is 1. The van der Waals surface area contributed by atoms with E-state index in [1.54, 1.807) is 6.07 Å². The van der Waals surface area contributed by atoms with Crippen LogP contribution in [0, 0.1) is 0 Å². The first kappa shape index (κ1) is 24.1. The van der Waals surface area contributed by atoms with Crippen molar-refractivity contribution in [1.82, 2.24) is 4.90 Å². The molecule has 5 aliphatic rings. The fraction of sp³-hybridized carbons (Fsp3) is 0.640. The number of carboxylic acid groups (broad SMARTS) is 1. The second-order valence-corrected chi connectivity index (χ2v) is 10.6. The van der Waals surface area contributed by atoms with Gasteiger partial charge in [0.05, 0.1) is 17.1 Å². The van der Waals surface area contributed by atoms with E-state index in [0.29, 0.717) is 44.5 Å². The van der Waals surface area contributed by atoms with Crippen LogP contribution < -0.4 is 9.47 Å². The van der Waals surface area contributed by atoms with Gasteiger partial charge in [0.1, 0.15) is 24.4 Å². The lowest BCUT2D eigenvalue weighted by Crippen LogP contribution is -2.77. The summed E-state index contributed by atoms with van der Waals surface area (Å²) in [6, 6.07) is 3.29. The summed E-state index contributed by atoms with van der Waals surface area (Å²) in [6.45, 7) is 5.18. The quantitative estimate of drug-likeness (QED) is 0.262. The number of hydrogen-bond acceptors (Lipinski definition) is 10. The number of carboxylic acids is 1. The Hall–Kier alpha value is -2.25. The molecule has 1 aromatic rings. The maximum Gasteiger partial charge on any atom is 0.335 e. The highest BCUT2D eigenvalue weighted by molar-refractivity contribution is 5.73.